The van der Waals surface area contributed by atoms with E-state index in [9.17, 15) is 22.8 Å². The lowest BCUT2D eigenvalue weighted by Gasteiger charge is -2.43. The van der Waals surface area contributed by atoms with Gasteiger partial charge >= 0.3 is 18.1 Å². The van der Waals surface area contributed by atoms with Crippen molar-refractivity contribution in [3.8, 4) is 0 Å². The van der Waals surface area contributed by atoms with E-state index in [1.165, 1.54) is 6.92 Å². The third-order valence-corrected chi connectivity index (χ3v) is 8.62. The first kappa shape index (κ1) is 28.3. The van der Waals surface area contributed by atoms with Crippen LogP contribution in [0, 0.1) is 0 Å². The van der Waals surface area contributed by atoms with Gasteiger partial charge in [-0.1, -0.05) is 36.1 Å². The molecule has 0 atom stereocenters. The average Bonchev–Trinajstić information content (AvgIpc) is 2.66. The molecule has 0 bridgehead atoms. The van der Waals surface area contributed by atoms with Gasteiger partial charge in [-0.25, -0.2) is 0 Å². The van der Waals surface area contributed by atoms with E-state index in [0.29, 0.717) is 4.90 Å². The third-order valence-electron chi connectivity index (χ3n) is 3.75. The van der Waals surface area contributed by atoms with Gasteiger partial charge in [-0.15, -0.1) is 26.3 Å². The lowest BCUT2D eigenvalue weighted by Crippen LogP contribution is -2.47. The summed E-state index contributed by atoms with van der Waals surface area (Å²) in [5.41, 5.74) is 0. The number of amides is 1. The van der Waals surface area contributed by atoms with Crippen LogP contribution < -0.4 is 0 Å². The first-order valence-corrected chi connectivity index (χ1v) is 12.0. The average molecular weight is 467 g/mol. The molecule has 11 heteroatoms. The number of alkyl halides is 3. The van der Waals surface area contributed by atoms with E-state index in [4.69, 9.17) is 16.5 Å². The molecule has 0 aromatic heterocycles. The number of carbonyl (C=O) groups excluding carboxylic acids is 2. The molecular weight excluding hydrogens is 438 g/mol. The zero-order valence-corrected chi connectivity index (χ0v) is 18.9. The van der Waals surface area contributed by atoms with E-state index in [1.807, 2.05) is 0 Å². The zero-order valence-electron chi connectivity index (χ0n) is 17.1. The van der Waals surface area contributed by atoms with Crippen LogP contribution in [0.15, 0.2) is 50.6 Å². The fourth-order valence-electron chi connectivity index (χ4n) is 2.56. The molecule has 30 heavy (non-hydrogen) atoms. The van der Waals surface area contributed by atoms with E-state index in [-0.39, 0.29) is 32.8 Å². The number of nitrogens with zero attached hydrogens (tertiary/aromatic N) is 3. The molecule has 0 saturated heterocycles. The highest BCUT2D eigenvalue weighted by atomic mass is 32.4. The topological polar surface area (TPSA) is 53.1 Å². The van der Waals surface area contributed by atoms with Crippen LogP contribution in [-0.4, -0.2) is 77.9 Å². The fourth-order valence-corrected chi connectivity index (χ4v) is 6.65. The quantitative estimate of drug-likeness (QED) is 0.209. The van der Waals surface area contributed by atoms with Crippen molar-refractivity contribution in [3.05, 3.63) is 50.6 Å². The zero-order chi connectivity index (χ0) is 23.4. The van der Waals surface area contributed by atoms with E-state index >= 15 is 0 Å². The summed E-state index contributed by atoms with van der Waals surface area (Å²) in [5.74, 6) is -3.10. The SMILES string of the molecule is C=CCN(CC=C)P(=S)(CN(CC(=O)OCC)C(=O)C(F)(F)F)N(CC=C)CC=C. The second-order valence-corrected chi connectivity index (χ2v) is 10.5. The van der Waals surface area contributed by atoms with Gasteiger partial charge in [-0.05, 0) is 6.92 Å². The maximum atomic E-state index is 13.2. The number of ether oxygens (including phenoxy) is 1. The van der Waals surface area contributed by atoms with Gasteiger partial charge in [0, 0.05) is 26.2 Å². The summed E-state index contributed by atoms with van der Waals surface area (Å²) in [6.07, 6.45) is -2.47. The van der Waals surface area contributed by atoms with Crippen LogP contribution in [0.3, 0.4) is 0 Å². The second kappa shape index (κ2) is 13.5. The van der Waals surface area contributed by atoms with Crippen LogP contribution in [0.4, 0.5) is 13.2 Å². The number of hydrogen-bond donors (Lipinski definition) is 0. The van der Waals surface area contributed by atoms with Crippen LogP contribution in [-0.2, 0) is 26.1 Å². The smallest absolute Gasteiger partial charge is 0.465 e. The Morgan fingerprint density at radius 2 is 1.37 bits per heavy atom. The van der Waals surface area contributed by atoms with E-state index in [2.05, 4.69) is 26.3 Å². The Morgan fingerprint density at radius 3 is 1.67 bits per heavy atom. The molecule has 1 amide bonds. The third kappa shape index (κ3) is 8.55. The van der Waals surface area contributed by atoms with Crippen molar-refractivity contribution >= 4 is 30.0 Å². The van der Waals surface area contributed by atoms with Gasteiger partial charge < -0.3 is 9.64 Å². The molecule has 0 heterocycles. The van der Waals surface area contributed by atoms with E-state index < -0.39 is 37.2 Å². The summed E-state index contributed by atoms with van der Waals surface area (Å²) < 4.78 is 48.0. The maximum absolute atomic E-state index is 13.2. The Hall–Kier alpha value is -1.74. The molecule has 0 aromatic rings. The Kier molecular flexibility index (Phi) is 12.8. The van der Waals surface area contributed by atoms with Gasteiger partial charge in [0.05, 0.1) is 19.2 Å². The summed E-state index contributed by atoms with van der Waals surface area (Å²) in [6, 6.07) is 0. The lowest BCUT2D eigenvalue weighted by molar-refractivity contribution is -0.186. The van der Waals surface area contributed by atoms with Crippen molar-refractivity contribution in [3.63, 3.8) is 0 Å². The van der Waals surface area contributed by atoms with E-state index in [1.54, 1.807) is 33.6 Å². The van der Waals surface area contributed by atoms with Gasteiger partial charge in [0.2, 0.25) is 0 Å². The Morgan fingerprint density at radius 1 is 0.967 bits per heavy atom. The molecule has 0 aromatic carbocycles. The van der Waals surface area contributed by atoms with Crippen molar-refractivity contribution in [2.24, 2.45) is 0 Å². The Labute approximate surface area is 181 Å². The predicted octanol–water partition coefficient (Wildman–Crippen LogP) is 3.56. The maximum Gasteiger partial charge on any atom is 0.471 e. The van der Waals surface area contributed by atoms with Gasteiger partial charge in [-0.3, -0.25) is 18.9 Å². The van der Waals surface area contributed by atoms with Crippen LogP contribution in [0.5, 0.6) is 0 Å². The highest BCUT2D eigenvalue weighted by molar-refractivity contribution is 8.12. The highest BCUT2D eigenvalue weighted by Gasteiger charge is 2.45. The molecular formula is C19H29F3N3O3PS. The van der Waals surface area contributed by atoms with Crippen LogP contribution >= 0.6 is 6.34 Å². The van der Waals surface area contributed by atoms with Gasteiger partial charge in [0.1, 0.15) is 6.54 Å². The predicted molar refractivity (Wildman–Crippen MR) is 117 cm³/mol. The minimum atomic E-state index is -5.17. The minimum Gasteiger partial charge on any atom is -0.465 e. The minimum absolute atomic E-state index is 0.0286. The molecule has 0 N–H and O–H groups in total. The molecule has 0 aliphatic heterocycles. The number of esters is 1. The number of rotatable bonds is 15. The molecule has 0 spiro atoms. The monoisotopic (exact) mass is 467 g/mol. The van der Waals surface area contributed by atoms with Crippen molar-refractivity contribution < 1.29 is 27.5 Å². The van der Waals surface area contributed by atoms with Gasteiger partial charge in [-0.2, -0.15) is 13.2 Å². The van der Waals surface area contributed by atoms with E-state index in [0.717, 1.165) is 0 Å². The number of carbonyl (C=O) groups is 2. The largest absolute Gasteiger partial charge is 0.471 e. The highest BCUT2D eigenvalue weighted by Crippen LogP contribution is 2.54. The fraction of sp³-hybridized carbons (Fsp3) is 0.474. The molecule has 170 valence electrons. The summed E-state index contributed by atoms with van der Waals surface area (Å²) >= 11 is 5.90. The van der Waals surface area contributed by atoms with Crippen molar-refractivity contribution in [2.45, 2.75) is 13.1 Å². The summed E-state index contributed by atoms with van der Waals surface area (Å²) in [4.78, 5) is 24.4. The molecule has 0 saturated carbocycles. The molecule has 0 radical (unpaired) electrons. The van der Waals surface area contributed by atoms with Crippen LogP contribution in [0.25, 0.3) is 0 Å². The molecule has 0 aliphatic rings. The Balaban J connectivity index is 6.37. The molecule has 0 aliphatic carbocycles. The van der Waals surface area contributed by atoms with Crippen LogP contribution in [0.2, 0.25) is 0 Å². The first-order chi connectivity index (χ1) is 14.0. The van der Waals surface area contributed by atoms with Crippen molar-refractivity contribution in [1.82, 2.24) is 14.2 Å². The summed E-state index contributed by atoms with van der Waals surface area (Å²) in [5, 5.41) is 0. The normalized spacial score (nSPS) is 11.8. The molecule has 0 rings (SSSR count). The molecule has 0 fully saturated rings. The van der Waals surface area contributed by atoms with Crippen molar-refractivity contribution in [2.75, 3.05) is 45.6 Å². The Bertz CT molecular complexity index is 638. The van der Waals surface area contributed by atoms with Gasteiger partial charge in [0.15, 0.2) is 0 Å². The molecule has 0 unspecified atom stereocenters. The number of hydrogen-bond acceptors (Lipinski definition) is 4. The summed E-state index contributed by atoms with van der Waals surface area (Å²) in [6.45, 7) is 16.3. The number of halogens is 3. The van der Waals surface area contributed by atoms with Gasteiger partial charge in [0.25, 0.3) is 0 Å². The molecule has 6 nitrogen and oxygen atoms in total. The lowest BCUT2D eigenvalue weighted by atomic mass is 10.5. The second-order valence-electron chi connectivity index (χ2n) is 6.01. The first-order valence-electron chi connectivity index (χ1n) is 9.06. The van der Waals surface area contributed by atoms with Crippen LogP contribution in [0.1, 0.15) is 6.92 Å². The van der Waals surface area contributed by atoms with Crippen molar-refractivity contribution in [1.29, 1.82) is 0 Å². The standard InChI is InChI=1S/C19H29F3N3O3PS/c1-6-11-24(12-7-2)29(30,25(13-8-3)14-9-4)16-23(15-17(26)28-10-5)18(27)19(20,21)22/h6-9H,1-4,10-16H2,5H3. The summed E-state index contributed by atoms with van der Waals surface area (Å²) in [7, 11) is 0.